The quantitative estimate of drug-likeness (QED) is 0.599. The van der Waals surface area contributed by atoms with Crippen LogP contribution in [0.15, 0.2) is 23.3 Å². The van der Waals surface area contributed by atoms with Crippen molar-refractivity contribution in [1.29, 1.82) is 0 Å². The van der Waals surface area contributed by atoms with Crippen LogP contribution in [0.4, 0.5) is 0 Å². The Morgan fingerprint density at radius 3 is 2.33 bits per heavy atom. The molecule has 0 N–H and O–H groups in total. The first kappa shape index (κ1) is 21.4. The van der Waals surface area contributed by atoms with E-state index in [4.69, 9.17) is 9.31 Å². The van der Waals surface area contributed by atoms with Crippen molar-refractivity contribution in [3.8, 4) is 0 Å². The molecule has 1 aromatic rings. The number of nitrogens with zero attached hydrogens (tertiary/aromatic N) is 2. The van der Waals surface area contributed by atoms with Crippen LogP contribution in [0.3, 0.4) is 0 Å². The van der Waals surface area contributed by atoms with E-state index in [1.807, 2.05) is 12.1 Å². The van der Waals surface area contributed by atoms with Crippen LogP contribution in [0.1, 0.15) is 52.2 Å². The van der Waals surface area contributed by atoms with Crippen molar-refractivity contribution in [2.75, 3.05) is 20.2 Å². The fraction of sp³-hybridized carbons (Fsp3) is 0.600. The molecule has 3 rings (SSSR count). The molecule has 2 aliphatic rings. The van der Waals surface area contributed by atoms with Gasteiger partial charge < -0.3 is 14.0 Å². The maximum absolute atomic E-state index is 9.18. The van der Waals surface area contributed by atoms with Gasteiger partial charge in [0.1, 0.15) is 0 Å². The number of rotatable bonds is 4. The van der Waals surface area contributed by atoms with Gasteiger partial charge in [0.15, 0.2) is 0 Å². The van der Waals surface area contributed by atoms with E-state index in [1.54, 1.807) is 6.92 Å². The predicted octanol–water partition coefficient (Wildman–Crippen LogP) is 2.51. The van der Waals surface area contributed by atoms with Gasteiger partial charge in [0, 0.05) is 20.0 Å². The van der Waals surface area contributed by atoms with Crippen molar-refractivity contribution >= 4 is 24.8 Å². The van der Waals surface area contributed by atoms with E-state index < -0.39 is 0 Å². The van der Waals surface area contributed by atoms with Gasteiger partial charge in [0.25, 0.3) is 6.47 Å². The number of aryl methyl sites for hydroxylation is 1. The molecular formula is C20H31BN2O4. The number of ether oxygens (including phenoxy) is 1. The third-order valence-corrected chi connectivity index (χ3v) is 5.32. The zero-order chi connectivity index (χ0) is 20.2. The molecule has 0 amide bonds. The zero-order valence-electron chi connectivity index (χ0n) is 17.5. The summed E-state index contributed by atoms with van der Waals surface area (Å²) in [6, 6.07) is 6.45. The van der Waals surface area contributed by atoms with Gasteiger partial charge in [-0.15, -0.1) is 0 Å². The van der Waals surface area contributed by atoms with Gasteiger partial charge in [-0.05, 0) is 52.6 Å². The van der Waals surface area contributed by atoms with Crippen LogP contribution in [0.25, 0.3) is 0 Å². The number of hydrogen-bond donors (Lipinski definition) is 0. The summed E-state index contributed by atoms with van der Waals surface area (Å²) in [5, 5.41) is 6.57. The monoisotopic (exact) mass is 374 g/mol. The molecule has 0 aromatic heterocycles. The van der Waals surface area contributed by atoms with Crippen molar-refractivity contribution in [2.45, 2.75) is 59.2 Å². The highest BCUT2D eigenvalue weighted by Crippen LogP contribution is 2.36. The molecule has 1 saturated heterocycles. The smallest absolute Gasteiger partial charge is 0.468 e. The highest BCUT2D eigenvalue weighted by atomic mass is 16.7. The number of hydrogen-bond acceptors (Lipinski definition) is 6. The van der Waals surface area contributed by atoms with Crippen LogP contribution in [0, 0.1) is 6.92 Å². The van der Waals surface area contributed by atoms with Crippen molar-refractivity contribution in [1.82, 2.24) is 5.01 Å². The lowest BCUT2D eigenvalue weighted by Gasteiger charge is -2.32. The van der Waals surface area contributed by atoms with Gasteiger partial charge in [-0.1, -0.05) is 23.8 Å². The fourth-order valence-electron chi connectivity index (χ4n) is 2.89. The summed E-state index contributed by atoms with van der Waals surface area (Å²) in [6.45, 7) is 14.1. The van der Waals surface area contributed by atoms with Gasteiger partial charge in [0.2, 0.25) is 0 Å². The Morgan fingerprint density at radius 1 is 1.26 bits per heavy atom. The van der Waals surface area contributed by atoms with Crippen LogP contribution >= 0.6 is 0 Å². The molecular weight excluding hydrogens is 343 g/mol. The maximum atomic E-state index is 9.18. The number of hydrazone groups is 1. The summed E-state index contributed by atoms with van der Waals surface area (Å²) in [4.78, 5) is 9.18. The minimum absolute atomic E-state index is 0.314. The summed E-state index contributed by atoms with van der Waals surface area (Å²) >= 11 is 0. The van der Waals surface area contributed by atoms with Gasteiger partial charge in [0.05, 0.1) is 23.5 Å². The number of benzene rings is 1. The van der Waals surface area contributed by atoms with Crippen molar-refractivity contribution in [2.24, 2.45) is 5.10 Å². The first-order valence-electron chi connectivity index (χ1n) is 9.41. The van der Waals surface area contributed by atoms with Crippen LogP contribution in [-0.2, 0) is 18.8 Å². The third-order valence-electron chi connectivity index (χ3n) is 5.32. The van der Waals surface area contributed by atoms with E-state index in [9.17, 15) is 4.79 Å². The van der Waals surface area contributed by atoms with E-state index in [1.165, 1.54) is 11.1 Å². The number of carbonyl (C=O) groups is 1. The molecule has 0 atom stereocenters. The molecule has 0 radical (unpaired) electrons. The Hall–Kier alpha value is -1.86. The zero-order valence-corrected chi connectivity index (χ0v) is 17.5. The van der Waals surface area contributed by atoms with E-state index in [2.05, 4.69) is 62.7 Å². The summed E-state index contributed by atoms with van der Waals surface area (Å²) < 4.78 is 16.5. The largest absolute Gasteiger partial charge is 0.495 e. The molecule has 2 heterocycles. The van der Waals surface area contributed by atoms with E-state index in [0.29, 0.717) is 13.1 Å². The SMILES string of the molecule is CCOC=O.Cc1ccc(C2=NN(C)CC2)cc1B1OC(C)(C)C(C)(C)O1. The molecule has 2 aliphatic heterocycles. The molecule has 148 valence electrons. The molecule has 0 unspecified atom stereocenters. The average molecular weight is 374 g/mol. The van der Waals surface area contributed by atoms with Crippen LogP contribution in [0.5, 0.6) is 0 Å². The minimum Gasteiger partial charge on any atom is -0.468 e. The lowest BCUT2D eigenvalue weighted by molar-refractivity contribution is -0.128. The molecule has 27 heavy (non-hydrogen) atoms. The van der Waals surface area contributed by atoms with Gasteiger partial charge in [-0.2, -0.15) is 5.10 Å². The van der Waals surface area contributed by atoms with Crippen LogP contribution < -0.4 is 5.46 Å². The van der Waals surface area contributed by atoms with E-state index in [-0.39, 0.29) is 18.3 Å². The Labute approximate surface area is 163 Å². The summed E-state index contributed by atoms with van der Waals surface area (Å²) in [6.07, 6.45) is 0.988. The second-order valence-electron chi connectivity index (χ2n) is 7.89. The van der Waals surface area contributed by atoms with Crippen molar-refractivity contribution in [3.05, 3.63) is 29.3 Å². The minimum atomic E-state index is -0.315. The summed E-state index contributed by atoms with van der Waals surface area (Å²) in [7, 11) is 1.70. The Morgan fingerprint density at radius 2 is 1.89 bits per heavy atom. The first-order chi connectivity index (χ1) is 12.6. The molecule has 1 fully saturated rings. The summed E-state index contributed by atoms with van der Waals surface area (Å²) in [5.41, 5.74) is 3.97. The van der Waals surface area contributed by atoms with Crippen LogP contribution in [0.2, 0.25) is 0 Å². The predicted molar refractivity (Wildman–Crippen MR) is 108 cm³/mol. The molecule has 0 saturated carbocycles. The Balaban J connectivity index is 0.000000465. The Bertz CT molecular complexity index is 687. The second-order valence-corrected chi connectivity index (χ2v) is 7.89. The molecule has 0 bridgehead atoms. The van der Waals surface area contributed by atoms with Crippen molar-refractivity contribution < 1.29 is 18.8 Å². The van der Waals surface area contributed by atoms with Crippen LogP contribution in [-0.4, -0.2) is 55.7 Å². The lowest BCUT2D eigenvalue weighted by Crippen LogP contribution is -2.41. The highest BCUT2D eigenvalue weighted by molar-refractivity contribution is 6.62. The first-order valence-corrected chi connectivity index (χ1v) is 9.41. The average Bonchev–Trinajstić information content (AvgIpc) is 3.10. The van der Waals surface area contributed by atoms with Gasteiger partial charge in [-0.3, -0.25) is 9.80 Å². The molecule has 0 spiro atoms. The van der Waals surface area contributed by atoms with Gasteiger partial charge >= 0.3 is 7.12 Å². The second kappa shape index (κ2) is 8.44. The topological polar surface area (TPSA) is 60.4 Å². The van der Waals surface area contributed by atoms with Gasteiger partial charge in [-0.25, -0.2) is 0 Å². The van der Waals surface area contributed by atoms with E-state index in [0.717, 1.165) is 24.1 Å². The fourth-order valence-corrected chi connectivity index (χ4v) is 2.89. The van der Waals surface area contributed by atoms with E-state index >= 15 is 0 Å². The molecule has 6 nitrogen and oxygen atoms in total. The summed E-state index contributed by atoms with van der Waals surface area (Å²) in [5.74, 6) is 0. The molecule has 7 heteroatoms. The lowest BCUT2D eigenvalue weighted by atomic mass is 9.75. The maximum Gasteiger partial charge on any atom is 0.495 e. The molecule has 0 aliphatic carbocycles. The Kier molecular flexibility index (Phi) is 6.70. The normalized spacial score (nSPS) is 20.0. The number of carbonyl (C=O) groups excluding carboxylic acids is 1. The van der Waals surface area contributed by atoms with Crippen molar-refractivity contribution in [3.63, 3.8) is 0 Å². The molecule has 1 aromatic carbocycles. The highest BCUT2D eigenvalue weighted by Gasteiger charge is 2.52. The third kappa shape index (κ3) is 4.90. The standard InChI is InChI=1S/C17H25BN2O2.C3H6O2/c1-12-7-8-13(15-9-10-20(6)19-15)11-14(12)18-21-16(2,3)17(4,5)22-18;1-2-5-3-4/h7-8,11H,9-10H2,1-6H3;3H,2H2,1H3.